The summed E-state index contributed by atoms with van der Waals surface area (Å²) in [5, 5.41) is 9.83. The average molecular weight is 608 g/mol. The van der Waals surface area contributed by atoms with Crippen molar-refractivity contribution >= 4 is 74.4 Å². The first-order valence-corrected chi connectivity index (χ1v) is 12.2. The molecule has 37 heavy (non-hydrogen) atoms. The fourth-order valence-electron chi connectivity index (χ4n) is 3.01. The largest absolute Gasteiger partial charge is 0.493 e. The summed E-state index contributed by atoms with van der Waals surface area (Å²) in [6, 6.07) is 14.8. The van der Waals surface area contributed by atoms with Crippen LogP contribution in [-0.2, 0) is 21.0 Å². The first kappa shape index (κ1) is 28.0. The molecule has 0 aliphatic carbocycles. The van der Waals surface area contributed by atoms with E-state index in [0.717, 1.165) is 0 Å². The molecule has 0 bridgehead atoms. The summed E-state index contributed by atoms with van der Waals surface area (Å²) in [7, 11) is 1.48. The molecule has 3 N–H and O–H groups in total. The first-order valence-electron chi connectivity index (χ1n) is 10.6. The number of ether oxygens (including phenoxy) is 2. The van der Waals surface area contributed by atoms with Gasteiger partial charge in [-0.25, -0.2) is 5.43 Å². The van der Waals surface area contributed by atoms with Crippen molar-refractivity contribution in [1.29, 1.82) is 0 Å². The minimum Gasteiger partial charge on any atom is -0.493 e. The van der Waals surface area contributed by atoms with Crippen molar-refractivity contribution in [3.63, 3.8) is 0 Å². The van der Waals surface area contributed by atoms with Gasteiger partial charge in [0.05, 0.1) is 17.8 Å². The lowest BCUT2D eigenvalue weighted by Gasteiger charge is -2.14. The van der Waals surface area contributed by atoms with Gasteiger partial charge in [-0.05, 0) is 70.0 Å². The van der Waals surface area contributed by atoms with Crippen LogP contribution in [0.4, 0.5) is 11.4 Å². The lowest BCUT2D eigenvalue weighted by Crippen LogP contribution is -2.32. The van der Waals surface area contributed by atoms with Crippen molar-refractivity contribution in [2.75, 3.05) is 17.7 Å². The molecule has 3 rings (SSSR count). The highest BCUT2D eigenvalue weighted by molar-refractivity contribution is 9.10. The summed E-state index contributed by atoms with van der Waals surface area (Å²) in [5.74, 6) is -1.29. The Morgan fingerprint density at radius 1 is 0.973 bits per heavy atom. The standard InChI is InChI=1S/C25H21BrCl2N4O5/c1-14(33)30-16-6-8-17(9-7-16)31-24(34)25(35)32-29-12-15-10-19(26)23(22(11-15)36-2)37-13-18-20(27)4-3-5-21(18)28/h3-12H,13H2,1-2H3,(H,30,33)(H,31,34)(H,32,35)/b29-12+. The quantitative estimate of drug-likeness (QED) is 0.180. The van der Waals surface area contributed by atoms with Gasteiger partial charge < -0.3 is 20.1 Å². The monoisotopic (exact) mass is 606 g/mol. The van der Waals surface area contributed by atoms with E-state index >= 15 is 0 Å². The Bertz CT molecular complexity index is 1330. The van der Waals surface area contributed by atoms with Crippen LogP contribution in [0.25, 0.3) is 0 Å². The molecule has 0 saturated heterocycles. The summed E-state index contributed by atoms with van der Waals surface area (Å²) in [6.45, 7) is 1.50. The van der Waals surface area contributed by atoms with Gasteiger partial charge in [-0.3, -0.25) is 14.4 Å². The van der Waals surface area contributed by atoms with Gasteiger partial charge in [0.15, 0.2) is 11.5 Å². The molecule has 0 heterocycles. The highest BCUT2D eigenvalue weighted by atomic mass is 79.9. The number of carbonyl (C=O) groups is 3. The van der Waals surface area contributed by atoms with Gasteiger partial charge in [-0.2, -0.15) is 5.10 Å². The Morgan fingerprint density at radius 3 is 2.19 bits per heavy atom. The van der Waals surface area contributed by atoms with E-state index < -0.39 is 11.8 Å². The van der Waals surface area contributed by atoms with Crippen LogP contribution < -0.4 is 25.5 Å². The predicted molar refractivity (Wildman–Crippen MR) is 147 cm³/mol. The lowest BCUT2D eigenvalue weighted by molar-refractivity contribution is -0.136. The lowest BCUT2D eigenvalue weighted by atomic mass is 10.2. The maximum absolute atomic E-state index is 12.1. The molecule has 0 saturated carbocycles. The number of methoxy groups -OCH3 is 1. The van der Waals surface area contributed by atoms with Crippen molar-refractivity contribution in [3.05, 3.63) is 80.2 Å². The molecule has 0 aliphatic rings. The fourth-order valence-corrected chi connectivity index (χ4v) is 4.09. The third-order valence-electron chi connectivity index (χ3n) is 4.72. The van der Waals surface area contributed by atoms with Crippen molar-refractivity contribution in [3.8, 4) is 11.5 Å². The van der Waals surface area contributed by atoms with Gasteiger partial charge in [0, 0.05) is 33.9 Å². The summed E-state index contributed by atoms with van der Waals surface area (Å²) in [4.78, 5) is 35.3. The van der Waals surface area contributed by atoms with Crippen LogP contribution in [0.1, 0.15) is 18.1 Å². The molecular weight excluding hydrogens is 587 g/mol. The molecule has 3 aromatic carbocycles. The van der Waals surface area contributed by atoms with Crippen LogP contribution in [0.3, 0.4) is 0 Å². The Hall–Kier alpha value is -3.60. The molecule has 3 aromatic rings. The number of halogens is 3. The first-order chi connectivity index (χ1) is 17.7. The molecule has 3 amide bonds. The van der Waals surface area contributed by atoms with Crippen LogP contribution in [0.2, 0.25) is 10.0 Å². The zero-order chi connectivity index (χ0) is 26.9. The molecule has 0 spiro atoms. The second kappa shape index (κ2) is 13.1. The van der Waals surface area contributed by atoms with E-state index in [1.54, 1.807) is 54.6 Å². The van der Waals surface area contributed by atoms with E-state index in [-0.39, 0.29) is 12.5 Å². The molecule has 0 fully saturated rings. The van der Waals surface area contributed by atoms with Crippen molar-refractivity contribution in [2.24, 2.45) is 5.10 Å². The number of benzene rings is 3. The van der Waals surface area contributed by atoms with Crippen LogP contribution in [-0.4, -0.2) is 31.0 Å². The molecule has 12 heteroatoms. The Kier molecular flexibility index (Phi) is 9.90. The predicted octanol–water partition coefficient (Wildman–Crippen LogP) is 5.39. The maximum atomic E-state index is 12.1. The number of carbonyl (C=O) groups excluding carboxylic acids is 3. The topological polar surface area (TPSA) is 118 Å². The number of hydrogen-bond donors (Lipinski definition) is 3. The molecule has 192 valence electrons. The van der Waals surface area contributed by atoms with Gasteiger partial charge in [-0.1, -0.05) is 29.3 Å². The second-order valence-electron chi connectivity index (χ2n) is 7.43. The van der Waals surface area contributed by atoms with Crippen molar-refractivity contribution < 1.29 is 23.9 Å². The van der Waals surface area contributed by atoms with Crippen LogP contribution in [0.15, 0.2) is 64.2 Å². The smallest absolute Gasteiger partial charge is 0.329 e. The molecule has 0 radical (unpaired) electrons. The molecule has 0 aromatic heterocycles. The Morgan fingerprint density at radius 2 is 1.59 bits per heavy atom. The summed E-state index contributed by atoms with van der Waals surface area (Å²) in [6.07, 6.45) is 1.34. The number of amides is 3. The van der Waals surface area contributed by atoms with Gasteiger partial charge >= 0.3 is 11.8 Å². The maximum Gasteiger partial charge on any atom is 0.329 e. The number of rotatable bonds is 8. The van der Waals surface area contributed by atoms with Gasteiger partial charge in [0.1, 0.15) is 6.61 Å². The zero-order valence-corrected chi connectivity index (χ0v) is 22.7. The van der Waals surface area contributed by atoms with E-state index in [1.807, 2.05) is 0 Å². The molecule has 0 aliphatic heterocycles. The molecule has 0 unspecified atom stereocenters. The van der Waals surface area contributed by atoms with Gasteiger partial charge in [0.25, 0.3) is 0 Å². The average Bonchev–Trinajstić information content (AvgIpc) is 2.85. The molecule has 0 atom stereocenters. The third-order valence-corrected chi connectivity index (χ3v) is 6.02. The Balaban J connectivity index is 1.61. The van der Waals surface area contributed by atoms with E-state index in [2.05, 4.69) is 37.1 Å². The number of hydrogen-bond acceptors (Lipinski definition) is 6. The molecule has 9 nitrogen and oxygen atoms in total. The van der Waals surface area contributed by atoms with Crippen LogP contribution >= 0.6 is 39.1 Å². The number of nitrogens with zero attached hydrogens (tertiary/aromatic N) is 1. The highest BCUT2D eigenvalue weighted by Crippen LogP contribution is 2.37. The number of hydrazone groups is 1. The van der Waals surface area contributed by atoms with Crippen LogP contribution in [0, 0.1) is 0 Å². The van der Waals surface area contributed by atoms with Crippen LogP contribution in [0.5, 0.6) is 11.5 Å². The normalized spacial score (nSPS) is 10.6. The minimum absolute atomic E-state index is 0.113. The number of anilines is 2. The van der Waals surface area contributed by atoms with Gasteiger partial charge in [-0.15, -0.1) is 0 Å². The molecular formula is C25H21BrCl2N4O5. The summed E-state index contributed by atoms with van der Waals surface area (Å²) < 4.78 is 11.9. The van der Waals surface area contributed by atoms with E-state index in [1.165, 1.54) is 20.2 Å². The van der Waals surface area contributed by atoms with E-state index in [4.69, 9.17) is 32.7 Å². The summed E-state index contributed by atoms with van der Waals surface area (Å²) in [5.41, 5.74) is 4.29. The van der Waals surface area contributed by atoms with E-state index in [9.17, 15) is 14.4 Å². The van der Waals surface area contributed by atoms with Crippen molar-refractivity contribution in [2.45, 2.75) is 13.5 Å². The van der Waals surface area contributed by atoms with Gasteiger partial charge in [0.2, 0.25) is 5.91 Å². The second-order valence-corrected chi connectivity index (χ2v) is 9.10. The minimum atomic E-state index is -0.968. The third kappa shape index (κ3) is 7.94. The van der Waals surface area contributed by atoms with E-state index in [0.29, 0.717) is 48.5 Å². The van der Waals surface area contributed by atoms with Crippen molar-refractivity contribution in [1.82, 2.24) is 5.43 Å². The fraction of sp³-hybridized carbons (Fsp3) is 0.120. The highest BCUT2D eigenvalue weighted by Gasteiger charge is 2.15. The Labute approximate surface area is 231 Å². The zero-order valence-electron chi connectivity index (χ0n) is 19.6. The summed E-state index contributed by atoms with van der Waals surface area (Å²) >= 11 is 15.9. The SMILES string of the molecule is COc1cc(/C=N/NC(=O)C(=O)Nc2ccc(NC(C)=O)cc2)cc(Br)c1OCc1c(Cl)cccc1Cl. The number of nitrogens with one attached hydrogen (secondary N) is 3.